The number of nitrogens with zero attached hydrogens (tertiary/aromatic N) is 1. The Morgan fingerprint density at radius 2 is 2.18 bits per heavy atom. The van der Waals surface area contributed by atoms with Gasteiger partial charge in [0.05, 0.1) is 6.04 Å². The van der Waals surface area contributed by atoms with Gasteiger partial charge in [-0.1, -0.05) is 15.9 Å². The van der Waals surface area contributed by atoms with Gasteiger partial charge in [0.15, 0.2) is 0 Å². The lowest BCUT2D eigenvalue weighted by molar-refractivity contribution is 0.197. The highest BCUT2D eigenvalue weighted by molar-refractivity contribution is 9.10. The van der Waals surface area contributed by atoms with Crippen molar-refractivity contribution in [3.63, 3.8) is 0 Å². The van der Waals surface area contributed by atoms with Crippen molar-refractivity contribution in [2.45, 2.75) is 38.4 Å². The standard InChI is InChI=1S/C13H18BrFN2/c1-8(2)17-6-5-12(16)13(17)10-7-9(15)3-4-11(10)14/h3-4,7-8,12-13H,5-6,16H2,1-2H3. The Kier molecular flexibility index (Phi) is 3.85. The summed E-state index contributed by atoms with van der Waals surface area (Å²) in [5.74, 6) is -0.203. The first-order valence-electron chi connectivity index (χ1n) is 5.97. The molecule has 0 aromatic heterocycles. The van der Waals surface area contributed by atoms with Crippen LogP contribution >= 0.6 is 15.9 Å². The first-order chi connectivity index (χ1) is 8.00. The predicted octanol–water partition coefficient (Wildman–Crippen LogP) is 3.07. The number of halogens is 2. The van der Waals surface area contributed by atoms with Crippen LogP contribution in [0, 0.1) is 5.82 Å². The Hall–Kier alpha value is -0.450. The van der Waals surface area contributed by atoms with Crippen molar-refractivity contribution in [2.24, 2.45) is 5.73 Å². The minimum absolute atomic E-state index is 0.0792. The SMILES string of the molecule is CC(C)N1CCC(N)C1c1cc(F)ccc1Br. The van der Waals surface area contributed by atoms with Crippen LogP contribution in [0.15, 0.2) is 22.7 Å². The van der Waals surface area contributed by atoms with Crippen LogP contribution < -0.4 is 5.73 Å². The summed E-state index contributed by atoms with van der Waals surface area (Å²) in [6.07, 6.45) is 0.964. The molecule has 0 spiro atoms. The summed E-state index contributed by atoms with van der Waals surface area (Å²) < 4.78 is 14.3. The van der Waals surface area contributed by atoms with Gasteiger partial charge in [0, 0.05) is 23.1 Å². The van der Waals surface area contributed by atoms with E-state index >= 15 is 0 Å². The lowest BCUT2D eigenvalue weighted by atomic mass is 10.00. The summed E-state index contributed by atoms with van der Waals surface area (Å²) in [4.78, 5) is 2.34. The van der Waals surface area contributed by atoms with E-state index < -0.39 is 0 Å². The molecule has 1 aromatic rings. The smallest absolute Gasteiger partial charge is 0.123 e. The molecule has 2 atom stereocenters. The summed E-state index contributed by atoms with van der Waals surface area (Å²) in [5.41, 5.74) is 7.13. The third kappa shape index (κ3) is 2.54. The molecule has 17 heavy (non-hydrogen) atoms. The van der Waals surface area contributed by atoms with E-state index in [0.29, 0.717) is 6.04 Å². The number of hydrogen-bond acceptors (Lipinski definition) is 2. The minimum Gasteiger partial charge on any atom is -0.326 e. The van der Waals surface area contributed by atoms with E-state index in [4.69, 9.17) is 5.73 Å². The van der Waals surface area contributed by atoms with Crippen LogP contribution in [0.3, 0.4) is 0 Å². The maximum Gasteiger partial charge on any atom is 0.123 e. The van der Waals surface area contributed by atoms with Crippen molar-refractivity contribution in [1.29, 1.82) is 0 Å². The molecule has 4 heteroatoms. The van der Waals surface area contributed by atoms with Crippen molar-refractivity contribution < 1.29 is 4.39 Å². The van der Waals surface area contributed by atoms with Gasteiger partial charge in [-0.3, -0.25) is 4.90 Å². The Balaban J connectivity index is 2.39. The molecule has 1 heterocycles. The molecule has 1 aromatic carbocycles. The summed E-state index contributed by atoms with van der Waals surface area (Å²) in [6, 6.07) is 5.43. The normalized spacial score (nSPS) is 25.8. The van der Waals surface area contributed by atoms with Gasteiger partial charge in [-0.05, 0) is 44.0 Å². The van der Waals surface area contributed by atoms with Crippen LogP contribution in [0.4, 0.5) is 4.39 Å². The van der Waals surface area contributed by atoms with E-state index in [-0.39, 0.29) is 17.9 Å². The molecule has 1 fully saturated rings. The van der Waals surface area contributed by atoms with Gasteiger partial charge in [-0.25, -0.2) is 4.39 Å². The average molecular weight is 301 g/mol. The van der Waals surface area contributed by atoms with Crippen molar-refractivity contribution in [2.75, 3.05) is 6.54 Å². The van der Waals surface area contributed by atoms with Crippen LogP contribution in [0.2, 0.25) is 0 Å². The Labute approximate surface area is 110 Å². The quantitative estimate of drug-likeness (QED) is 0.909. The number of hydrogen-bond donors (Lipinski definition) is 1. The largest absolute Gasteiger partial charge is 0.326 e. The monoisotopic (exact) mass is 300 g/mol. The van der Waals surface area contributed by atoms with Gasteiger partial charge in [0.2, 0.25) is 0 Å². The molecule has 0 radical (unpaired) electrons. The number of rotatable bonds is 2. The number of nitrogens with two attached hydrogens (primary N) is 1. The minimum atomic E-state index is -0.203. The number of likely N-dealkylation sites (tertiary alicyclic amines) is 1. The zero-order chi connectivity index (χ0) is 12.6. The van der Waals surface area contributed by atoms with Crippen molar-refractivity contribution >= 4 is 15.9 Å². The first-order valence-corrected chi connectivity index (χ1v) is 6.76. The van der Waals surface area contributed by atoms with Gasteiger partial charge >= 0.3 is 0 Å². The van der Waals surface area contributed by atoms with Gasteiger partial charge in [0.1, 0.15) is 5.82 Å². The maximum atomic E-state index is 13.4. The molecule has 2 rings (SSSR count). The third-order valence-corrected chi connectivity index (χ3v) is 4.15. The molecule has 0 saturated carbocycles. The molecule has 1 saturated heterocycles. The second-order valence-corrected chi connectivity index (χ2v) is 5.75. The first kappa shape index (κ1) is 13.0. The summed E-state index contributed by atoms with van der Waals surface area (Å²) in [7, 11) is 0. The second kappa shape index (κ2) is 5.04. The molecule has 0 bridgehead atoms. The highest BCUT2D eigenvalue weighted by atomic mass is 79.9. The van der Waals surface area contributed by atoms with Crippen molar-refractivity contribution in [1.82, 2.24) is 4.90 Å². The van der Waals surface area contributed by atoms with Crippen LogP contribution in [0.1, 0.15) is 31.9 Å². The van der Waals surface area contributed by atoms with Gasteiger partial charge < -0.3 is 5.73 Å². The molecule has 1 aliphatic rings. The predicted molar refractivity (Wildman–Crippen MR) is 71.3 cm³/mol. The molecular formula is C13H18BrFN2. The van der Waals surface area contributed by atoms with E-state index in [1.54, 1.807) is 12.1 Å². The molecular weight excluding hydrogens is 283 g/mol. The second-order valence-electron chi connectivity index (χ2n) is 4.89. The zero-order valence-electron chi connectivity index (χ0n) is 10.2. The molecule has 0 amide bonds. The Morgan fingerprint density at radius 1 is 1.47 bits per heavy atom. The average Bonchev–Trinajstić information content (AvgIpc) is 2.64. The van der Waals surface area contributed by atoms with Gasteiger partial charge in [-0.2, -0.15) is 0 Å². The molecule has 2 N–H and O–H groups in total. The van der Waals surface area contributed by atoms with Gasteiger partial charge in [-0.15, -0.1) is 0 Å². The molecule has 2 unspecified atom stereocenters. The lowest BCUT2D eigenvalue weighted by Crippen LogP contribution is -2.36. The third-order valence-electron chi connectivity index (χ3n) is 3.42. The topological polar surface area (TPSA) is 29.3 Å². The Bertz CT molecular complexity index is 408. The fourth-order valence-corrected chi connectivity index (χ4v) is 3.05. The lowest BCUT2D eigenvalue weighted by Gasteiger charge is -2.31. The van der Waals surface area contributed by atoms with Gasteiger partial charge in [0.25, 0.3) is 0 Å². The van der Waals surface area contributed by atoms with Crippen LogP contribution in [0.5, 0.6) is 0 Å². The fourth-order valence-electron chi connectivity index (χ4n) is 2.57. The van der Waals surface area contributed by atoms with E-state index in [1.807, 2.05) is 0 Å². The van der Waals surface area contributed by atoms with Crippen LogP contribution in [-0.2, 0) is 0 Å². The zero-order valence-corrected chi connectivity index (χ0v) is 11.7. The summed E-state index contributed by atoms with van der Waals surface area (Å²) in [6.45, 7) is 5.28. The maximum absolute atomic E-state index is 13.4. The summed E-state index contributed by atoms with van der Waals surface area (Å²) in [5, 5.41) is 0. The van der Waals surface area contributed by atoms with Crippen LogP contribution in [-0.4, -0.2) is 23.5 Å². The highest BCUT2D eigenvalue weighted by Gasteiger charge is 2.35. The van der Waals surface area contributed by atoms with E-state index in [1.165, 1.54) is 6.07 Å². The van der Waals surface area contributed by atoms with Crippen molar-refractivity contribution in [3.05, 3.63) is 34.1 Å². The highest BCUT2D eigenvalue weighted by Crippen LogP contribution is 2.36. The molecule has 94 valence electrons. The summed E-state index contributed by atoms with van der Waals surface area (Å²) >= 11 is 3.50. The fraction of sp³-hybridized carbons (Fsp3) is 0.538. The van der Waals surface area contributed by atoms with E-state index in [2.05, 4.69) is 34.7 Å². The van der Waals surface area contributed by atoms with E-state index in [0.717, 1.165) is 23.0 Å². The van der Waals surface area contributed by atoms with Crippen LogP contribution in [0.25, 0.3) is 0 Å². The number of benzene rings is 1. The molecule has 1 aliphatic heterocycles. The molecule has 2 nitrogen and oxygen atoms in total. The van der Waals surface area contributed by atoms with E-state index in [9.17, 15) is 4.39 Å². The molecule has 0 aliphatic carbocycles. The van der Waals surface area contributed by atoms with Crippen molar-refractivity contribution in [3.8, 4) is 0 Å². The Morgan fingerprint density at radius 3 is 2.82 bits per heavy atom.